The van der Waals surface area contributed by atoms with Crippen molar-refractivity contribution in [3.63, 3.8) is 0 Å². The molecule has 146 valence electrons. The fourth-order valence-corrected chi connectivity index (χ4v) is 2.64. The Bertz CT molecular complexity index is 497. The van der Waals surface area contributed by atoms with E-state index in [2.05, 4.69) is 20.6 Å². The zero-order valence-corrected chi connectivity index (χ0v) is 17.6. The normalized spacial score (nSPS) is 12.0. The highest BCUT2D eigenvalue weighted by Crippen LogP contribution is 2.29. The second kappa shape index (κ2) is 13.6. The van der Waals surface area contributed by atoms with Crippen LogP contribution in [-0.2, 0) is 17.3 Å². The average molecular weight is 494 g/mol. The zero-order valence-electron chi connectivity index (χ0n) is 14.5. The summed E-state index contributed by atoms with van der Waals surface area (Å²) >= 11 is 1.03. The molecule has 0 fully saturated rings. The van der Waals surface area contributed by atoms with Gasteiger partial charge in [0, 0.05) is 44.6 Å². The first-order valence-electron chi connectivity index (χ1n) is 8.08. The molecule has 0 amide bonds. The van der Waals surface area contributed by atoms with Crippen molar-refractivity contribution < 1.29 is 17.9 Å². The van der Waals surface area contributed by atoms with E-state index < -0.39 is 11.9 Å². The third kappa shape index (κ3) is 10.9. The Hall–Kier alpha value is -0.620. The van der Waals surface area contributed by atoms with Gasteiger partial charge >= 0.3 is 6.18 Å². The number of aliphatic imine (C=N–C) groups is 1. The van der Waals surface area contributed by atoms with Gasteiger partial charge in [-0.15, -0.1) is 35.3 Å². The molecule has 0 aliphatic carbocycles. The van der Waals surface area contributed by atoms with Crippen molar-refractivity contribution in [2.24, 2.45) is 4.99 Å². The number of unbranched alkanes of at least 4 members (excludes halogenated alkanes) is 1. The number of nitrogens with one attached hydrogen (secondary N) is 2. The minimum Gasteiger partial charge on any atom is -0.382 e. The van der Waals surface area contributed by atoms with Crippen LogP contribution in [0.25, 0.3) is 0 Å². The van der Waals surface area contributed by atoms with Crippen LogP contribution in [0.1, 0.15) is 37.4 Å². The molecule has 0 bridgehead atoms. The van der Waals surface area contributed by atoms with Crippen molar-refractivity contribution >= 4 is 41.3 Å². The third-order valence-corrected chi connectivity index (χ3v) is 3.90. The molecule has 0 saturated carbocycles. The molecule has 1 heterocycles. The molecule has 0 aliphatic heterocycles. The Morgan fingerprint density at radius 1 is 1.28 bits per heavy atom. The molecule has 1 aromatic rings. The summed E-state index contributed by atoms with van der Waals surface area (Å²) in [6, 6.07) is 0. The number of hydrogen-bond acceptors (Lipinski definition) is 4. The summed E-state index contributed by atoms with van der Waals surface area (Å²) in [5, 5.41) is 7.73. The Kier molecular flexibility index (Phi) is 13.2. The molecule has 0 saturated heterocycles. The molecule has 0 aromatic carbocycles. The van der Waals surface area contributed by atoms with E-state index in [9.17, 15) is 13.2 Å². The Balaban J connectivity index is 0.00000576. The van der Waals surface area contributed by atoms with Gasteiger partial charge in [-0.1, -0.05) is 0 Å². The summed E-state index contributed by atoms with van der Waals surface area (Å²) in [7, 11) is 0. The summed E-state index contributed by atoms with van der Waals surface area (Å²) in [4.78, 5) is 8.04. The molecule has 10 heteroatoms. The van der Waals surface area contributed by atoms with Crippen molar-refractivity contribution in [1.29, 1.82) is 0 Å². The average Bonchev–Trinajstić information content (AvgIpc) is 3.00. The maximum Gasteiger partial charge on any atom is 0.434 e. The fraction of sp³-hybridized carbons (Fsp3) is 0.733. The predicted octanol–water partition coefficient (Wildman–Crippen LogP) is 3.69. The molecule has 5 nitrogen and oxygen atoms in total. The SMILES string of the molecule is CCNC(=NCCCCOCC)NCCc1nc(C(F)(F)F)cs1.I. The van der Waals surface area contributed by atoms with Crippen LogP contribution in [0.3, 0.4) is 0 Å². The van der Waals surface area contributed by atoms with Crippen LogP contribution in [0.15, 0.2) is 10.4 Å². The lowest BCUT2D eigenvalue weighted by molar-refractivity contribution is -0.140. The van der Waals surface area contributed by atoms with E-state index in [0.29, 0.717) is 30.5 Å². The molecular formula is C15H26F3IN4OS. The molecule has 1 aromatic heterocycles. The lowest BCUT2D eigenvalue weighted by Crippen LogP contribution is -2.38. The lowest BCUT2D eigenvalue weighted by Gasteiger charge is -2.10. The summed E-state index contributed by atoms with van der Waals surface area (Å²) in [6.45, 7) is 7.27. The van der Waals surface area contributed by atoms with Gasteiger partial charge in [0.25, 0.3) is 0 Å². The molecule has 0 atom stereocenters. The quantitative estimate of drug-likeness (QED) is 0.226. The summed E-state index contributed by atoms with van der Waals surface area (Å²) in [6.07, 6.45) is -2.07. The van der Waals surface area contributed by atoms with Crippen molar-refractivity contribution in [3.8, 4) is 0 Å². The highest BCUT2D eigenvalue weighted by Gasteiger charge is 2.33. The molecule has 2 N–H and O–H groups in total. The second-order valence-electron chi connectivity index (χ2n) is 4.97. The third-order valence-electron chi connectivity index (χ3n) is 2.99. The van der Waals surface area contributed by atoms with Gasteiger partial charge in [0.05, 0.1) is 5.01 Å². The molecular weight excluding hydrogens is 468 g/mol. The van der Waals surface area contributed by atoms with E-state index >= 15 is 0 Å². The van der Waals surface area contributed by atoms with E-state index in [0.717, 1.165) is 49.3 Å². The van der Waals surface area contributed by atoms with Crippen LogP contribution < -0.4 is 10.6 Å². The molecule has 1 rings (SSSR count). The van der Waals surface area contributed by atoms with E-state index in [1.807, 2.05) is 13.8 Å². The van der Waals surface area contributed by atoms with Crippen LogP contribution >= 0.6 is 35.3 Å². The second-order valence-corrected chi connectivity index (χ2v) is 5.91. The number of aromatic nitrogens is 1. The molecule has 0 spiro atoms. The van der Waals surface area contributed by atoms with Crippen molar-refractivity contribution in [2.75, 3.05) is 32.8 Å². The van der Waals surface area contributed by atoms with Crippen LogP contribution in [0.5, 0.6) is 0 Å². The molecule has 0 radical (unpaired) electrons. The Labute approximate surface area is 167 Å². The number of nitrogens with zero attached hydrogens (tertiary/aromatic N) is 2. The zero-order chi connectivity index (χ0) is 17.8. The van der Waals surface area contributed by atoms with Gasteiger partial charge in [-0.2, -0.15) is 13.2 Å². The van der Waals surface area contributed by atoms with Crippen LogP contribution in [0.2, 0.25) is 0 Å². The van der Waals surface area contributed by atoms with Gasteiger partial charge in [-0.25, -0.2) is 4.98 Å². The number of halogens is 4. The highest BCUT2D eigenvalue weighted by molar-refractivity contribution is 14.0. The van der Waals surface area contributed by atoms with E-state index in [1.165, 1.54) is 0 Å². The van der Waals surface area contributed by atoms with Crippen molar-refractivity contribution in [1.82, 2.24) is 15.6 Å². The summed E-state index contributed by atoms with van der Waals surface area (Å²) in [5.41, 5.74) is -0.822. The number of rotatable bonds is 10. The largest absolute Gasteiger partial charge is 0.434 e. The summed E-state index contributed by atoms with van der Waals surface area (Å²) < 4.78 is 42.7. The number of guanidine groups is 1. The van der Waals surface area contributed by atoms with Gasteiger partial charge in [0.1, 0.15) is 0 Å². The fourth-order valence-electron chi connectivity index (χ4n) is 1.84. The first-order chi connectivity index (χ1) is 11.5. The van der Waals surface area contributed by atoms with Gasteiger partial charge in [0.15, 0.2) is 11.7 Å². The van der Waals surface area contributed by atoms with Gasteiger partial charge in [-0.05, 0) is 26.7 Å². The molecule has 0 aliphatic rings. The maximum absolute atomic E-state index is 12.5. The summed E-state index contributed by atoms with van der Waals surface area (Å²) in [5.74, 6) is 0.668. The van der Waals surface area contributed by atoms with Gasteiger partial charge < -0.3 is 15.4 Å². The lowest BCUT2D eigenvalue weighted by atomic mass is 10.3. The van der Waals surface area contributed by atoms with E-state index in [-0.39, 0.29) is 24.0 Å². The minimum atomic E-state index is -4.37. The standard InChI is InChI=1S/C15H25F3N4OS.HI/c1-3-19-14(20-8-5-6-10-23-4-2)21-9-7-13-22-12(11-24-13)15(16,17)18;/h11H,3-10H2,1-2H3,(H2,19,20,21);1H. The highest BCUT2D eigenvalue weighted by atomic mass is 127. The number of thiazole rings is 1. The predicted molar refractivity (Wildman–Crippen MR) is 106 cm³/mol. The van der Waals surface area contributed by atoms with E-state index in [4.69, 9.17) is 4.74 Å². The first kappa shape index (κ1) is 24.4. The van der Waals surface area contributed by atoms with Crippen molar-refractivity contribution in [3.05, 3.63) is 16.1 Å². The topological polar surface area (TPSA) is 58.5 Å². The van der Waals surface area contributed by atoms with Crippen molar-refractivity contribution in [2.45, 2.75) is 39.3 Å². The Morgan fingerprint density at radius 3 is 2.64 bits per heavy atom. The Morgan fingerprint density at radius 2 is 2.04 bits per heavy atom. The van der Waals surface area contributed by atoms with Crippen LogP contribution in [0, 0.1) is 0 Å². The van der Waals surface area contributed by atoms with Crippen LogP contribution in [-0.4, -0.2) is 43.8 Å². The van der Waals surface area contributed by atoms with E-state index in [1.54, 1.807) is 0 Å². The monoisotopic (exact) mass is 494 g/mol. The molecule has 25 heavy (non-hydrogen) atoms. The molecule has 0 unspecified atom stereocenters. The number of hydrogen-bond donors (Lipinski definition) is 2. The number of ether oxygens (including phenoxy) is 1. The van der Waals surface area contributed by atoms with Gasteiger partial charge in [-0.3, -0.25) is 4.99 Å². The number of alkyl halides is 3. The maximum atomic E-state index is 12.5. The first-order valence-corrected chi connectivity index (χ1v) is 8.96. The van der Waals surface area contributed by atoms with Gasteiger partial charge in [0.2, 0.25) is 0 Å². The smallest absolute Gasteiger partial charge is 0.382 e. The van der Waals surface area contributed by atoms with Crippen LogP contribution in [0.4, 0.5) is 13.2 Å². The minimum absolute atomic E-state index is 0.